The molecule has 0 N–H and O–H groups in total. The van der Waals surface area contributed by atoms with Crippen LogP contribution >= 0.6 is 23.5 Å². The summed E-state index contributed by atoms with van der Waals surface area (Å²) in [6.45, 7) is 0. The van der Waals surface area contributed by atoms with Crippen molar-refractivity contribution in [1.82, 2.24) is 0 Å². The minimum atomic E-state index is 1.27. The van der Waals surface area contributed by atoms with Crippen LogP contribution in [0.4, 0.5) is 0 Å². The van der Waals surface area contributed by atoms with E-state index in [1.807, 2.05) is 0 Å². The molecule has 1 heterocycles. The summed E-state index contributed by atoms with van der Waals surface area (Å²) >= 11 is 3.57. The van der Waals surface area contributed by atoms with Gasteiger partial charge in [0.1, 0.15) is 5.08 Å². The lowest BCUT2D eigenvalue weighted by molar-refractivity contribution is 1.59. The molecule has 28 valence electrons. The van der Waals surface area contributed by atoms with E-state index in [-0.39, 0.29) is 0 Å². The SMILES string of the molecule is [C]1SCCS1. The molecule has 0 aromatic rings. The minimum absolute atomic E-state index is 1.27. The van der Waals surface area contributed by atoms with Crippen LogP contribution in [0.25, 0.3) is 0 Å². The molecular weight excluding hydrogens is 100 g/mol. The Morgan fingerprint density at radius 1 is 1.20 bits per heavy atom. The second-order valence-electron chi connectivity index (χ2n) is 0.780. The van der Waals surface area contributed by atoms with Crippen LogP contribution in [0.5, 0.6) is 0 Å². The Morgan fingerprint density at radius 2 is 1.80 bits per heavy atom. The average Bonchev–Trinajstić information content (AvgIpc) is 1.76. The molecule has 0 saturated carbocycles. The van der Waals surface area contributed by atoms with E-state index in [0.717, 1.165) is 0 Å². The van der Waals surface area contributed by atoms with Gasteiger partial charge < -0.3 is 0 Å². The highest BCUT2D eigenvalue weighted by atomic mass is 32.2. The first-order valence-corrected chi connectivity index (χ1v) is 3.46. The molecule has 0 aliphatic carbocycles. The fraction of sp³-hybridized carbons (Fsp3) is 0.667. The van der Waals surface area contributed by atoms with Crippen molar-refractivity contribution in [2.45, 2.75) is 0 Å². The van der Waals surface area contributed by atoms with Crippen molar-refractivity contribution >= 4 is 23.5 Å². The maximum atomic E-state index is 3.06. The normalized spacial score (nSPS) is 24.0. The Labute approximate surface area is 40.7 Å². The van der Waals surface area contributed by atoms with Crippen molar-refractivity contribution < 1.29 is 0 Å². The van der Waals surface area contributed by atoms with Crippen LogP contribution in [0, 0.1) is 5.08 Å². The highest BCUT2D eigenvalue weighted by molar-refractivity contribution is 8.22. The van der Waals surface area contributed by atoms with Crippen LogP contribution in [0.1, 0.15) is 0 Å². The molecule has 5 heavy (non-hydrogen) atoms. The maximum Gasteiger partial charge on any atom is 0.113 e. The third kappa shape index (κ3) is 1.05. The smallest absolute Gasteiger partial charge is 0.113 e. The molecule has 1 aliphatic rings. The fourth-order valence-corrected chi connectivity index (χ4v) is 1.87. The van der Waals surface area contributed by atoms with Crippen molar-refractivity contribution in [2.75, 3.05) is 11.5 Å². The molecule has 0 aromatic heterocycles. The molecule has 1 saturated heterocycles. The Balaban J connectivity index is 2.08. The van der Waals surface area contributed by atoms with Crippen molar-refractivity contribution in [3.05, 3.63) is 5.08 Å². The summed E-state index contributed by atoms with van der Waals surface area (Å²) in [7, 11) is 0. The Morgan fingerprint density at radius 3 is 2.00 bits per heavy atom. The van der Waals surface area contributed by atoms with E-state index in [1.54, 1.807) is 23.5 Å². The average molecular weight is 104 g/mol. The van der Waals surface area contributed by atoms with Gasteiger partial charge in [0.25, 0.3) is 0 Å². The molecule has 2 radical (unpaired) electrons. The number of rotatable bonds is 0. The van der Waals surface area contributed by atoms with E-state index in [9.17, 15) is 0 Å². The lowest BCUT2D eigenvalue weighted by Crippen LogP contribution is -1.64. The van der Waals surface area contributed by atoms with Crippen LogP contribution in [-0.2, 0) is 0 Å². The fourth-order valence-electron chi connectivity index (χ4n) is 0.208. The summed E-state index contributed by atoms with van der Waals surface area (Å²) < 4.78 is 0. The second-order valence-corrected chi connectivity index (χ2v) is 2.84. The van der Waals surface area contributed by atoms with E-state index in [4.69, 9.17) is 0 Å². The molecule has 1 fully saturated rings. The van der Waals surface area contributed by atoms with Gasteiger partial charge in [0.15, 0.2) is 0 Å². The van der Waals surface area contributed by atoms with Gasteiger partial charge in [-0.05, 0) is 0 Å². The van der Waals surface area contributed by atoms with Gasteiger partial charge >= 0.3 is 0 Å². The number of hydrogen-bond donors (Lipinski definition) is 0. The molecule has 0 aromatic carbocycles. The maximum absolute atomic E-state index is 3.06. The molecule has 1 rings (SSSR count). The van der Waals surface area contributed by atoms with Gasteiger partial charge in [-0.3, -0.25) is 0 Å². The molecule has 2 heteroatoms. The molecule has 0 atom stereocenters. The van der Waals surface area contributed by atoms with Gasteiger partial charge in [-0.15, -0.1) is 23.5 Å². The summed E-state index contributed by atoms with van der Waals surface area (Å²) in [6.07, 6.45) is 0. The molecule has 0 nitrogen and oxygen atoms in total. The summed E-state index contributed by atoms with van der Waals surface area (Å²) in [4.78, 5) is 0. The monoisotopic (exact) mass is 104 g/mol. The largest absolute Gasteiger partial charge is 0.138 e. The summed E-state index contributed by atoms with van der Waals surface area (Å²) in [6, 6.07) is 0. The Hall–Kier alpha value is 0.700. The summed E-state index contributed by atoms with van der Waals surface area (Å²) in [5.74, 6) is 2.54. The first kappa shape index (κ1) is 3.88. The number of hydrogen-bond acceptors (Lipinski definition) is 2. The highest BCUT2D eigenvalue weighted by Gasteiger charge is 1.97. The predicted molar refractivity (Wildman–Crippen MR) is 28.2 cm³/mol. The first-order valence-electron chi connectivity index (χ1n) is 1.49. The Bertz CT molecular complexity index is 16.5. The lowest BCUT2D eigenvalue weighted by atomic mass is 11.0. The molecule has 1 aliphatic heterocycles. The van der Waals surface area contributed by atoms with E-state index < -0.39 is 0 Å². The predicted octanol–water partition coefficient (Wildman–Crippen LogP) is 1.46. The van der Waals surface area contributed by atoms with Gasteiger partial charge in [-0.25, -0.2) is 0 Å². The summed E-state index contributed by atoms with van der Waals surface area (Å²) in [5.41, 5.74) is 0. The van der Waals surface area contributed by atoms with Crippen LogP contribution in [0.15, 0.2) is 0 Å². The third-order valence-corrected chi connectivity index (χ3v) is 2.42. The zero-order chi connectivity index (χ0) is 3.54. The van der Waals surface area contributed by atoms with Crippen LogP contribution in [0.2, 0.25) is 0 Å². The second kappa shape index (κ2) is 1.98. The van der Waals surface area contributed by atoms with Gasteiger partial charge in [-0.1, -0.05) is 0 Å². The standard InChI is InChI=1S/C3H4S2/c1-2-5-3-4-1/h1-2H2. The van der Waals surface area contributed by atoms with Crippen molar-refractivity contribution in [3.63, 3.8) is 0 Å². The van der Waals surface area contributed by atoms with E-state index >= 15 is 0 Å². The molecule has 0 unspecified atom stereocenters. The minimum Gasteiger partial charge on any atom is -0.138 e. The zero-order valence-electron chi connectivity index (χ0n) is 2.73. The molecule has 0 spiro atoms. The third-order valence-electron chi connectivity index (χ3n) is 0.405. The topological polar surface area (TPSA) is 0 Å². The van der Waals surface area contributed by atoms with Crippen LogP contribution < -0.4 is 0 Å². The van der Waals surface area contributed by atoms with Gasteiger partial charge in [0, 0.05) is 11.5 Å². The highest BCUT2D eigenvalue weighted by Crippen LogP contribution is 2.26. The molecular formula is C3H4S2. The quantitative estimate of drug-likeness (QED) is 0.456. The lowest BCUT2D eigenvalue weighted by Gasteiger charge is -1.65. The van der Waals surface area contributed by atoms with Crippen molar-refractivity contribution in [2.24, 2.45) is 0 Å². The first-order chi connectivity index (χ1) is 2.50. The number of thioether (sulfide) groups is 2. The van der Waals surface area contributed by atoms with E-state index in [2.05, 4.69) is 5.08 Å². The van der Waals surface area contributed by atoms with Gasteiger partial charge in [0.2, 0.25) is 0 Å². The van der Waals surface area contributed by atoms with Crippen molar-refractivity contribution in [1.29, 1.82) is 0 Å². The van der Waals surface area contributed by atoms with Gasteiger partial charge in [0.05, 0.1) is 0 Å². The van der Waals surface area contributed by atoms with Crippen LogP contribution in [-0.4, -0.2) is 11.5 Å². The van der Waals surface area contributed by atoms with Crippen LogP contribution in [0.3, 0.4) is 0 Å². The van der Waals surface area contributed by atoms with E-state index in [1.165, 1.54) is 11.5 Å². The molecule has 0 bridgehead atoms. The Kier molecular flexibility index (Phi) is 1.53. The van der Waals surface area contributed by atoms with E-state index in [0.29, 0.717) is 0 Å². The zero-order valence-corrected chi connectivity index (χ0v) is 4.36. The van der Waals surface area contributed by atoms with Gasteiger partial charge in [-0.2, -0.15) is 0 Å². The van der Waals surface area contributed by atoms with Crippen molar-refractivity contribution in [3.8, 4) is 0 Å². The molecule has 0 amide bonds. The summed E-state index contributed by atoms with van der Waals surface area (Å²) in [5, 5.41) is 3.06.